The summed E-state index contributed by atoms with van der Waals surface area (Å²) in [5.74, 6) is 5.38. The highest BCUT2D eigenvalue weighted by atomic mass is 32.2. The molecular formula is C53H88N4O6S. The summed E-state index contributed by atoms with van der Waals surface area (Å²) < 4.78 is 17.4. The lowest BCUT2D eigenvalue weighted by molar-refractivity contribution is -0.161. The summed E-state index contributed by atoms with van der Waals surface area (Å²) in [5, 5.41) is 1.54. The SMILES string of the molecule is CCCCCCCCCCCCCCCCC(=O)OCC(COC(=O)N1c2ccc(N(C)C)cc2Sc2cc(N(C)N)ccc21)OC(=O)CCCCCCCCCCCCCCCC. The summed E-state index contributed by atoms with van der Waals surface area (Å²) in [5.41, 5.74) is 3.15. The van der Waals surface area contributed by atoms with Crippen molar-refractivity contribution in [2.45, 2.75) is 222 Å². The third-order valence-electron chi connectivity index (χ3n) is 12.3. The molecule has 1 unspecified atom stereocenters. The van der Waals surface area contributed by atoms with Crippen molar-refractivity contribution in [2.24, 2.45) is 5.84 Å². The van der Waals surface area contributed by atoms with Crippen molar-refractivity contribution in [1.29, 1.82) is 0 Å². The first-order valence-corrected chi connectivity index (χ1v) is 26.4. The van der Waals surface area contributed by atoms with Gasteiger partial charge in [-0.2, -0.15) is 0 Å². The summed E-state index contributed by atoms with van der Waals surface area (Å²) in [6, 6.07) is 11.6. The van der Waals surface area contributed by atoms with Gasteiger partial charge in [0.15, 0.2) is 6.10 Å². The van der Waals surface area contributed by atoms with Gasteiger partial charge in [-0.15, -0.1) is 0 Å². The molecule has 0 saturated carbocycles. The molecule has 0 bridgehead atoms. The topological polar surface area (TPSA) is 115 Å². The van der Waals surface area contributed by atoms with E-state index in [0.717, 1.165) is 59.7 Å². The fraction of sp³-hybridized carbons (Fsp3) is 0.717. The molecular weight excluding hydrogens is 821 g/mol. The van der Waals surface area contributed by atoms with Gasteiger partial charge in [0, 0.05) is 49.5 Å². The minimum absolute atomic E-state index is 0.170. The van der Waals surface area contributed by atoms with Crippen molar-refractivity contribution in [1.82, 2.24) is 0 Å². The third-order valence-corrected chi connectivity index (χ3v) is 13.4. The number of hydrogen-bond donors (Lipinski definition) is 1. The van der Waals surface area contributed by atoms with Gasteiger partial charge in [0.05, 0.1) is 17.1 Å². The van der Waals surface area contributed by atoms with Crippen molar-refractivity contribution in [3.05, 3.63) is 36.4 Å². The first-order valence-electron chi connectivity index (χ1n) is 25.6. The molecule has 1 aliphatic heterocycles. The van der Waals surface area contributed by atoms with Gasteiger partial charge in [-0.05, 0) is 49.2 Å². The zero-order chi connectivity index (χ0) is 46.2. The van der Waals surface area contributed by atoms with Gasteiger partial charge in [-0.25, -0.2) is 15.5 Å². The Morgan fingerprint density at radius 1 is 0.531 bits per heavy atom. The van der Waals surface area contributed by atoms with Gasteiger partial charge in [-0.1, -0.05) is 193 Å². The Kier molecular flexibility index (Phi) is 29.1. The van der Waals surface area contributed by atoms with E-state index in [0.29, 0.717) is 17.8 Å². The monoisotopic (exact) mass is 909 g/mol. The molecule has 3 rings (SSSR count). The maximum Gasteiger partial charge on any atom is 0.419 e. The normalized spacial score (nSPS) is 12.4. The van der Waals surface area contributed by atoms with Crippen LogP contribution in [0.25, 0.3) is 0 Å². The van der Waals surface area contributed by atoms with E-state index < -0.39 is 12.2 Å². The lowest BCUT2D eigenvalue weighted by Crippen LogP contribution is -2.35. The molecule has 10 nitrogen and oxygen atoms in total. The van der Waals surface area contributed by atoms with E-state index in [1.54, 1.807) is 23.7 Å². The van der Waals surface area contributed by atoms with Gasteiger partial charge in [-0.3, -0.25) is 9.59 Å². The number of anilines is 4. The number of amides is 1. The summed E-state index contributed by atoms with van der Waals surface area (Å²) in [6.45, 7) is 4.11. The number of nitrogens with two attached hydrogens (primary N) is 1. The second-order valence-electron chi connectivity index (χ2n) is 18.3. The van der Waals surface area contributed by atoms with Crippen molar-refractivity contribution >= 4 is 52.5 Å². The highest BCUT2D eigenvalue weighted by Gasteiger charge is 2.31. The predicted octanol–water partition coefficient (Wildman–Crippen LogP) is 15.0. The van der Waals surface area contributed by atoms with E-state index in [4.69, 9.17) is 20.1 Å². The second kappa shape index (κ2) is 34.0. The van der Waals surface area contributed by atoms with E-state index in [1.807, 2.05) is 55.4 Å². The van der Waals surface area contributed by atoms with Crippen molar-refractivity contribution < 1.29 is 28.6 Å². The molecule has 11 heteroatoms. The molecule has 64 heavy (non-hydrogen) atoms. The Morgan fingerprint density at radius 2 is 0.906 bits per heavy atom. The van der Waals surface area contributed by atoms with E-state index in [9.17, 15) is 14.4 Å². The van der Waals surface area contributed by atoms with Crippen LogP contribution in [-0.2, 0) is 23.8 Å². The van der Waals surface area contributed by atoms with Crippen LogP contribution in [0.15, 0.2) is 46.2 Å². The highest BCUT2D eigenvalue weighted by molar-refractivity contribution is 7.99. The van der Waals surface area contributed by atoms with Crippen LogP contribution >= 0.6 is 11.8 Å². The average Bonchev–Trinajstić information content (AvgIpc) is 3.28. The fourth-order valence-electron chi connectivity index (χ4n) is 8.26. The number of hydrazine groups is 1. The number of carbonyl (C=O) groups is 3. The number of ether oxygens (including phenoxy) is 3. The lowest BCUT2D eigenvalue weighted by Gasteiger charge is -2.32. The minimum atomic E-state index is -0.925. The largest absolute Gasteiger partial charge is 0.462 e. The molecule has 0 spiro atoms. The molecule has 1 heterocycles. The number of fused-ring (bicyclic) bond motifs is 2. The predicted molar refractivity (Wildman–Crippen MR) is 268 cm³/mol. The zero-order valence-corrected chi connectivity index (χ0v) is 41.8. The fourth-order valence-corrected chi connectivity index (χ4v) is 9.38. The lowest BCUT2D eigenvalue weighted by atomic mass is 10.0. The Hall–Kier alpha value is -3.44. The van der Waals surface area contributed by atoms with Crippen LogP contribution in [-0.4, -0.2) is 58.5 Å². The van der Waals surface area contributed by atoms with Gasteiger partial charge >= 0.3 is 18.0 Å². The molecule has 1 atom stereocenters. The first-order chi connectivity index (χ1) is 31.1. The maximum absolute atomic E-state index is 14.1. The van der Waals surface area contributed by atoms with Crippen molar-refractivity contribution in [3.63, 3.8) is 0 Å². The second-order valence-corrected chi connectivity index (χ2v) is 19.4. The van der Waals surface area contributed by atoms with Crippen molar-refractivity contribution in [3.8, 4) is 0 Å². The molecule has 1 aliphatic rings. The standard InChI is InChI=1S/C53H88N4O6S/c1-6-8-10-12-14-16-18-20-22-24-26-28-30-32-34-51(58)61-42-46(63-52(59)35-33-31-29-27-25-23-21-19-17-15-13-11-9-7-2)43-62-53(60)57-47-38-36-44(55(3)4)40-49(47)64-50-41-45(56(5)54)37-39-48(50)57/h36-41,46H,6-35,42-43,54H2,1-5H3. The summed E-state index contributed by atoms with van der Waals surface area (Å²) >= 11 is 1.56. The molecule has 0 aromatic heterocycles. The third kappa shape index (κ3) is 22.6. The first kappa shape index (κ1) is 54.9. The van der Waals surface area contributed by atoms with Crippen molar-refractivity contribution in [2.75, 3.05) is 49.2 Å². The van der Waals surface area contributed by atoms with Crippen LogP contribution in [0.3, 0.4) is 0 Å². The van der Waals surface area contributed by atoms with E-state index in [-0.39, 0.29) is 31.6 Å². The quantitative estimate of drug-likeness (QED) is 0.0231. The number of esters is 2. The number of unbranched alkanes of at least 4 members (excludes halogenated alkanes) is 26. The molecule has 0 saturated heterocycles. The van der Waals surface area contributed by atoms with Crippen LogP contribution in [0.4, 0.5) is 27.5 Å². The number of carbonyl (C=O) groups excluding carboxylic acids is 3. The van der Waals surface area contributed by atoms with Crippen LogP contribution in [0.2, 0.25) is 0 Å². The van der Waals surface area contributed by atoms with E-state index in [2.05, 4.69) is 13.8 Å². The molecule has 2 aromatic carbocycles. The Balaban J connectivity index is 1.49. The molecule has 1 amide bonds. The maximum atomic E-state index is 14.1. The Labute approximate surface area is 393 Å². The van der Waals surface area contributed by atoms with Crippen LogP contribution in [0, 0.1) is 0 Å². The molecule has 2 N–H and O–H groups in total. The Bertz CT molecular complexity index is 1530. The van der Waals surface area contributed by atoms with Gasteiger partial charge in [0.25, 0.3) is 0 Å². The smallest absolute Gasteiger partial charge is 0.419 e. The number of benzene rings is 2. The van der Waals surface area contributed by atoms with E-state index >= 15 is 0 Å². The molecule has 0 aliphatic carbocycles. The summed E-state index contributed by atoms with van der Waals surface area (Å²) in [4.78, 5) is 45.4. The summed E-state index contributed by atoms with van der Waals surface area (Å²) in [6.07, 6.45) is 33.8. The summed E-state index contributed by atoms with van der Waals surface area (Å²) in [7, 11) is 5.72. The minimum Gasteiger partial charge on any atom is -0.462 e. The van der Waals surface area contributed by atoms with Crippen LogP contribution < -0.4 is 20.7 Å². The number of hydrogen-bond acceptors (Lipinski definition) is 10. The molecule has 0 radical (unpaired) electrons. The Morgan fingerprint density at radius 3 is 1.33 bits per heavy atom. The number of nitrogens with zero attached hydrogens (tertiary/aromatic N) is 3. The number of rotatable bonds is 37. The van der Waals surface area contributed by atoms with Crippen LogP contribution in [0.5, 0.6) is 0 Å². The van der Waals surface area contributed by atoms with Gasteiger partial charge < -0.3 is 24.1 Å². The highest BCUT2D eigenvalue weighted by Crippen LogP contribution is 2.50. The molecule has 0 fully saturated rings. The van der Waals surface area contributed by atoms with Crippen LogP contribution in [0.1, 0.15) is 206 Å². The van der Waals surface area contributed by atoms with Gasteiger partial charge in [0.2, 0.25) is 0 Å². The average molecular weight is 909 g/mol. The molecule has 2 aromatic rings. The van der Waals surface area contributed by atoms with E-state index in [1.165, 1.54) is 146 Å². The van der Waals surface area contributed by atoms with Gasteiger partial charge in [0.1, 0.15) is 13.2 Å². The zero-order valence-electron chi connectivity index (χ0n) is 40.9. The molecule has 362 valence electrons.